The summed E-state index contributed by atoms with van der Waals surface area (Å²) in [5.41, 5.74) is 5.26. The summed E-state index contributed by atoms with van der Waals surface area (Å²) in [5.74, 6) is 2.18. The molecule has 0 bridgehead atoms. The van der Waals surface area contributed by atoms with Crippen molar-refractivity contribution in [3.05, 3.63) is 71.9 Å². The molecule has 2 aromatic carbocycles. The van der Waals surface area contributed by atoms with Gasteiger partial charge in [0.1, 0.15) is 0 Å². The van der Waals surface area contributed by atoms with Crippen LogP contribution >= 0.6 is 0 Å². The summed E-state index contributed by atoms with van der Waals surface area (Å²) in [6.45, 7) is 2.05. The summed E-state index contributed by atoms with van der Waals surface area (Å²) >= 11 is 0. The van der Waals surface area contributed by atoms with Gasteiger partial charge in [-0.25, -0.2) is 9.78 Å². The average molecular weight is 438 g/mol. The second-order valence-electron chi connectivity index (χ2n) is 8.67. The second kappa shape index (κ2) is 7.16. The molecule has 0 saturated heterocycles. The van der Waals surface area contributed by atoms with E-state index in [4.69, 9.17) is 0 Å². The van der Waals surface area contributed by atoms with Crippen LogP contribution in [-0.2, 0) is 5.54 Å². The number of rotatable bonds is 3. The number of carbonyl (C=O) groups is 1. The van der Waals surface area contributed by atoms with Gasteiger partial charge in [-0.1, -0.05) is 35.9 Å². The van der Waals surface area contributed by atoms with Crippen LogP contribution in [0, 0.1) is 6.92 Å². The summed E-state index contributed by atoms with van der Waals surface area (Å²) in [4.78, 5) is 15.9. The van der Waals surface area contributed by atoms with Crippen LogP contribution in [0.3, 0.4) is 0 Å². The van der Waals surface area contributed by atoms with Gasteiger partial charge in [0.2, 0.25) is 0 Å². The van der Waals surface area contributed by atoms with Gasteiger partial charge in [0.15, 0.2) is 17.5 Å². The fourth-order valence-electron chi connectivity index (χ4n) is 4.79. The molecule has 0 radical (unpaired) electrons. The highest BCUT2D eigenvalue weighted by molar-refractivity contribution is 5.85. The van der Waals surface area contributed by atoms with E-state index in [1.807, 2.05) is 47.0 Å². The maximum atomic E-state index is 11.3. The monoisotopic (exact) mass is 438 g/mol. The molecule has 1 amide bonds. The summed E-state index contributed by atoms with van der Waals surface area (Å²) in [7, 11) is 0. The molecule has 2 aromatic heterocycles. The first-order valence-electron chi connectivity index (χ1n) is 10.9. The Bertz CT molecular complexity index is 1390. The largest absolute Gasteiger partial charge is 0.465 e. The fraction of sp³-hybridized carbons (Fsp3) is 0.200. The van der Waals surface area contributed by atoms with Crippen molar-refractivity contribution in [3.8, 4) is 28.5 Å². The molecule has 8 heteroatoms. The number of anilines is 2. The number of aromatic nitrogens is 4. The van der Waals surface area contributed by atoms with Gasteiger partial charge < -0.3 is 15.7 Å². The van der Waals surface area contributed by atoms with E-state index in [-0.39, 0.29) is 0 Å². The van der Waals surface area contributed by atoms with Crippen LogP contribution in [0.15, 0.2) is 60.8 Å². The summed E-state index contributed by atoms with van der Waals surface area (Å²) in [6, 6.07) is 18.0. The summed E-state index contributed by atoms with van der Waals surface area (Å²) < 4.78 is 2.03. The fourth-order valence-corrected chi connectivity index (χ4v) is 4.79. The number of nitrogens with one attached hydrogen (secondary N) is 2. The van der Waals surface area contributed by atoms with Gasteiger partial charge >= 0.3 is 6.09 Å². The molecule has 3 heterocycles. The van der Waals surface area contributed by atoms with E-state index in [9.17, 15) is 9.90 Å². The van der Waals surface area contributed by atoms with Crippen molar-refractivity contribution < 1.29 is 9.90 Å². The zero-order chi connectivity index (χ0) is 22.6. The third-order valence-electron chi connectivity index (χ3n) is 6.61. The van der Waals surface area contributed by atoms with Crippen LogP contribution in [0.4, 0.5) is 16.3 Å². The number of amides is 1. The zero-order valence-corrected chi connectivity index (χ0v) is 18.0. The van der Waals surface area contributed by atoms with Gasteiger partial charge in [0.05, 0.1) is 16.9 Å². The number of fused-ring (bicyclic) bond motifs is 5. The smallest absolute Gasteiger partial charge is 0.405 e. The number of nitrogens with zero attached hydrogens (tertiary/aromatic N) is 4. The average Bonchev–Trinajstić information content (AvgIpc) is 3.17. The Morgan fingerprint density at radius 2 is 1.88 bits per heavy atom. The van der Waals surface area contributed by atoms with E-state index in [0.717, 1.165) is 64.5 Å². The van der Waals surface area contributed by atoms with E-state index in [0.29, 0.717) is 5.82 Å². The number of benzene rings is 2. The van der Waals surface area contributed by atoms with Gasteiger partial charge in [0, 0.05) is 17.3 Å². The normalized spacial score (nSPS) is 15.2. The lowest BCUT2D eigenvalue weighted by atomic mass is 9.72. The SMILES string of the molecule is Cc1ccc2c(c1)-c1nnc(-c3ccc(C4(NC(=O)O)CCC4)cc3)n1-c1cccnc1N2. The third-order valence-corrected chi connectivity index (χ3v) is 6.61. The highest BCUT2D eigenvalue weighted by Gasteiger charge is 2.40. The number of aryl methyl sites for hydroxylation is 1. The molecule has 0 spiro atoms. The minimum atomic E-state index is -0.993. The van der Waals surface area contributed by atoms with Crippen LogP contribution in [0.5, 0.6) is 0 Å². The molecule has 0 atom stereocenters. The quantitative estimate of drug-likeness (QED) is 0.366. The molecule has 0 unspecified atom stereocenters. The van der Waals surface area contributed by atoms with Gasteiger partial charge in [-0.05, 0) is 56.0 Å². The summed E-state index contributed by atoms with van der Waals surface area (Å²) in [6.07, 6.45) is 3.39. The molecule has 6 rings (SSSR count). The standard InChI is InChI=1S/C25H22N6O2/c1-15-5-10-19-18(14-15)23-30-29-22(31(23)20-4-2-13-26-21(20)27-19)16-6-8-17(9-7-16)25(11-3-12-25)28-24(32)33/h2,4-10,13-14,28H,3,11-12H2,1H3,(H,26,27)(H,32,33). The summed E-state index contributed by atoms with van der Waals surface area (Å²) in [5, 5.41) is 24.6. The van der Waals surface area contributed by atoms with Crippen LogP contribution in [-0.4, -0.2) is 30.9 Å². The lowest BCUT2D eigenvalue weighted by molar-refractivity contribution is 0.144. The predicted octanol–water partition coefficient (Wildman–Crippen LogP) is 5.01. The van der Waals surface area contributed by atoms with Gasteiger partial charge in [-0.3, -0.25) is 4.57 Å². The Morgan fingerprint density at radius 3 is 2.61 bits per heavy atom. The van der Waals surface area contributed by atoms with E-state index in [1.54, 1.807) is 6.20 Å². The first kappa shape index (κ1) is 19.5. The number of hydrogen-bond acceptors (Lipinski definition) is 5. The Labute approximate surface area is 190 Å². The van der Waals surface area contributed by atoms with E-state index >= 15 is 0 Å². The molecule has 1 aliphatic heterocycles. The molecule has 3 N–H and O–H groups in total. The maximum Gasteiger partial charge on any atom is 0.405 e. The van der Waals surface area contributed by atoms with Crippen molar-refractivity contribution in [2.75, 3.05) is 5.32 Å². The Hall–Kier alpha value is -4.20. The van der Waals surface area contributed by atoms with E-state index in [1.165, 1.54) is 0 Å². The minimum Gasteiger partial charge on any atom is -0.465 e. The first-order chi connectivity index (χ1) is 16.0. The molecule has 8 nitrogen and oxygen atoms in total. The Kier molecular flexibility index (Phi) is 4.23. The second-order valence-corrected chi connectivity index (χ2v) is 8.67. The molecule has 2 aliphatic rings. The third kappa shape index (κ3) is 3.06. The highest BCUT2D eigenvalue weighted by Crippen LogP contribution is 2.43. The molecular weight excluding hydrogens is 416 g/mol. The van der Waals surface area contributed by atoms with Crippen molar-refractivity contribution >= 4 is 17.6 Å². The van der Waals surface area contributed by atoms with Crippen LogP contribution in [0.25, 0.3) is 28.5 Å². The van der Waals surface area contributed by atoms with E-state index < -0.39 is 11.6 Å². The lowest BCUT2D eigenvalue weighted by Crippen LogP contribution is -2.50. The predicted molar refractivity (Wildman–Crippen MR) is 125 cm³/mol. The van der Waals surface area contributed by atoms with Crippen LogP contribution in [0.1, 0.15) is 30.4 Å². The maximum absolute atomic E-state index is 11.3. The van der Waals surface area contributed by atoms with Crippen molar-refractivity contribution in [1.29, 1.82) is 0 Å². The van der Waals surface area contributed by atoms with Crippen molar-refractivity contribution in [2.24, 2.45) is 0 Å². The first-order valence-corrected chi connectivity index (χ1v) is 10.9. The van der Waals surface area contributed by atoms with Crippen LogP contribution in [0.2, 0.25) is 0 Å². The number of carboxylic acid groups (broad SMARTS) is 1. The number of hydrogen-bond donors (Lipinski definition) is 3. The Balaban J connectivity index is 1.49. The molecule has 4 aromatic rings. The van der Waals surface area contributed by atoms with Gasteiger partial charge in [-0.2, -0.15) is 0 Å². The molecule has 1 aliphatic carbocycles. The highest BCUT2D eigenvalue weighted by atomic mass is 16.4. The molecule has 1 fully saturated rings. The van der Waals surface area contributed by atoms with Gasteiger partial charge in [0.25, 0.3) is 0 Å². The molecule has 164 valence electrons. The topological polar surface area (TPSA) is 105 Å². The molecule has 1 saturated carbocycles. The molecular formula is C25H22N6O2. The Morgan fingerprint density at radius 1 is 1.09 bits per heavy atom. The molecule has 33 heavy (non-hydrogen) atoms. The van der Waals surface area contributed by atoms with Gasteiger partial charge in [-0.15, -0.1) is 10.2 Å². The van der Waals surface area contributed by atoms with Crippen LogP contribution < -0.4 is 10.6 Å². The number of pyridine rings is 1. The minimum absolute atomic E-state index is 0.497. The zero-order valence-electron chi connectivity index (χ0n) is 18.0. The van der Waals surface area contributed by atoms with Crippen molar-refractivity contribution in [2.45, 2.75) is 31.7 Å². The van der Waals surface area contributed by atoms with Crippen molar-refractivity contribution in [1.82, 2.24) is 25.1 Å². The lowest BCUT2D eigenvalue weighted by Gasteiger charge is -2.42. The van der Waals surface area contributed by atoms with E-state index in [2.05, 4.69) is 44.9 Å². The van der Waals surface area contributed by atoms with Crippen molar-refractivity contribution in [3.63, 3.8) is 0 Å².